The number of ether oxygens (including phenoxy) is 1. The predicted molar refractivity (Wildman–Crippen MR) is 105 cm³/mol. The van der Waals surface area contributed by atoms with Gasteiger partial charge in [-0.2, -0.15) is 0 Å². The van der Waals surface area contributed by atoms with Gasteiger partial charge in [0.1, 0.15) is 11.6 Å². The van der Waals surface area contributed by atoms with Crippen molar-refractivity contribution in [1.29, 1.82) is 0 Å². The Morgan fingerprint density at radius 3 is 2.54 bits per heavy atom. The van der Waals surface area contributed by atoms with E-state index < -0.39 is 10.0 Å². The van der Waals surface area contributed by atoms with E-state index in [4.69, 9.17) is 4.74 Å². The number of nitrogens with one attached hydrogen (secondary N) is 2. The molecule has 0 bridgehead atoms. The number of sulfonamides is 1. The lowest BCUT2D eigenvalue weighted by Crippen LogP contribution is -2.31. The zero-order valence-electron chi connectivity index (χ0n) is 15.7. The van der Waals surface area contributed by atoms with Crippen LogP contribution >= 0.6 is 0 Å². The van der Waals surface area contributed by atoms with Crippen molar-refractivity contribution >= 4 is 27.0 Å². The highest BCUT2D eigenvalue weighted by Gasteiger charge is 2.14. The molecule has 0 aliphatic carbocycles. The Morgan fingerprint density at radius 1 is 1.14 bits per heavy atom. The maximum atomic E-state index is 12.2. The van der Waals surface area contributed by atoms with Gasteiger partial charge in [0.25, 0.3) is 0 Å². The van der Waals surface area contributed by atoms with E-state index in [0.717, 1.165) is 16.9 Å². The monoisotopic (exact) mass is 402 g/mol. The van der Waals surface area contributed by atoms with E-state index in [1.807, 2.05) is 35.9 Å². The summed E-state index contributed by atoms with van der Waals surface area (Å²) in [6.07, 6.45) is 0.0271. The number of aromatic nitrogens is 2. The van der Waals surface area contributed by atoms with Crippen molar-refractivity contribution in [2.24, 2.45) is 7.05 Å². The molecule has 0 spiro atoms. The Balaban J connectivity index is 1.50. The molecular formula is C19H22N4O4S. The lowest BCUT2D eigenvalue weighted by atomic mass is 10.3. The van der Waals surface area contributed by atoms with Crippen LogP contribution in [0.1, 0.15) is 12.2 Å². The summed E-state index contributed by atoms with van der Waals surface area (Å²) in [6.45, 7) is 0.276. The van der Waals surface area contributed by atoms with E-state index in [1.165, 1.54) is 19.2 Å². The van der Waals surface area contributed by atoms with Crippen LogP contribution in [0, 0.1) is 0 Å². The molecule has 3 rings (SSSR count). The van der Waals surface area contributed by atoms with E-state index in [-0.39, 0.29) is 30.3 Å². The van der Waals surface area contributed by atoms with Gasteiger partial charge in [0.05, 0.1) is 29.6 Å². The molecule has 2 N–H and O–H groups in total. The van der Waals surface area contributed by atoms with Gasteiger partial charge >= 0.3 is 0 Å². The van der Waals surface area contributed by atoms with Crippen molar-refractivity contribution in [2.75, 3.05) is 13.7 Å². The summed E-state index contributed by atoms with van der Waals surface area (Å²) in [7, 11) is -0.278. The molecule has 8 nitrogen and oxygen atoms in total. The van der Waals surface area contributed by atoms with Crippen LogP contribution in [0.5, 0.6) is 5.75 Å². The molecule has 0 aliphatic heterocycles. The summed E-state index contributed by atoms with van der Waals surface area (Å²) in [6, 6.07) is 13.8. The lowest BCUT2D eigenvalue weighted by Gasteiger charge is -2.08. The predicted octanol–water partition coefficient (Wildman–Crippen LogP) is 1.57. The molecule has 2 aromatic carbocycles. The third-order valence-electron chi connectivity index (χ3n) is 4.34. The lowest BCUT2D eigenvalue weighted by molar-refractivity contribution is -0.121. The summed E-state index contributed by atoms with van der Waals surface area (Å²) < 4.78 is 33.8. The molecule has 0 saturated heterocycles. The number of methoxy groups -OCH3 is 1. The summed E-state index contributed by atoms with van der Waals surface area (Å²) in [5.41, 5.74) is 1.85. The van der Waals surface area contributed by atoms with Gasteiger partial charge in [0.2, 0.25) is 15.9 Å². The van der Waals surface area contributed by atoms with E-state index in [1.54, 1.807) is 12.1 Å². The number of hydrogen-bond donors (Lipinski definition) is 2. The SMILES string of the molecule is COc1ccc(S(=O)(=O)NCCC(=O)NCc2nc3ccccc3n2C)cc1. The number of nitrogens with zero attached hydrogens (tertiary/aromatic N) is 2. The number of aryl methyl sites for hydroxylation is 1. The first-order valence-corrected chi connectivity index (χ1v) is 10.2. The molecule has 1 amide bonds. The number of fused-ring (bicyclic) bond motifs is 1. The van der Waals surface area contributed by atoms with Crippen LogP contribution in [0.2, 0.25) is 0 Å². The van der Waals surface area contributed by atoms with Gasteiger partial charge in [-0.05, 0) is 36.4 Å². The Hall–Kier alpha value is -2.91. The van der Waals surface area contributed by atoms with Gasteiger partial charge in [-0.25, -0.2) is 18.1 Å². The molecule has 9 heteroatoms. The normalized spacial score (nSPS) is 11.5. The first kappa shape index (κ1) is 19.8. The van der Waals surface area contributed by atoms with Crippen molar-refractivity contribution in [3.63, 3.8) is 0 Å². The Morgan fingerprint density at radius 2 is 1.86 bits per heavy atom. The second kappa shape index (κ2) is 8.41. The van der Waals surface area contributed by atoms with E-state index in [2.05, 4.69) is 15.0 Å². The molecular weight excluding hydrogens is 380 g/mol. The largest absolute Gasteiger partial charge is 0.497 e. The van der Waals surface area contributed by atoms with Crippen LogP contribution in [0.15, 0.2) is 53.4 Å². The minimum absolute atomic E-state index is 0.00272. The maximum absolute atomic E-state index is 12.2. The maximum Gasteiger partial charge on any atom is 0.240 e. The Bertz CT molecular complexity index is 1080. The number of benzene rings is 2. The highest BCUT2D eigenvalue weighted by Crippen LogP contribution is 2.15. The fourth-order valence-corrected chi connectivity index (χ4v) is 3.79. The van der Waals surface area contributed by atoms with Crippen LogP contribution in [0.3, 0.4) is 0 Å². The number of amides is 1. The Labute approximate surface area is 163 Å². The van der Waals surface area contributed by atoms with Crippen LogP contribution in [0.25, 0.3) is 11.0 Å². The standard InChI is InChI=1S/C19H22N4O4S/c1-23-17-6-4-3-5-16(17)22-18(23)13-20-19(24)11-12-21-28(25,26)15-9-7-14(27-2)8-10-15/h3-10,21H,11-13H2,1-2H3,(H,20,24). The van der Waals surface area contributed by atoms with Crippen molar-refractivity contribution in [1.82, 2.24) is 19.6 Å². The fourth-order valence-electron chi connectivity index (χ4n) is 2.76. The average molecular weight is 402 g/mol. The number of rotatable bonds is 8. The van der Waals surface area contributed by atoms with Crippen molar-refractivity contribution in [3.8, 4) is 5.75 Å². The van der Waals surface area contributed by atoms with Crippen LogP contribution in [-0.2, 0) is 28.4 Å². The molecule has 1 aromatic heterocycles. The van der Waals surface area contributed by atoms with E-state index in [0.29, 0.717) is 5.75 Å². The molecule has 0 aliphatic rings. The topological polar surface area (TPSA) is 102 Å². The quantitative estimate of drug-likeness (QED) is 0.595. The number of hydrogen-bond acceptors (Lipinski definition) is 5. The van der Waals surface area contributed by atoms with Gasteiger partial charge in [-0.3, -0.25) is 4.79 Å². The molecule has 1 heterocycles. The van der Waals surface area contributed by atoms with Crippen LogP contribution in [-0.4, -0.2) is 37.5 Å². The van der Waals surface area contributed by atoms with E-state index >= 15 is 0 Å². The molecule has 0 atom stereocenters. The summed E-state index contributed by atoms with van der Waals surface area (Å²) >= 11 is 0. The summed E-state index contributed by atoms with van der Waals surface area (Å²) in [4.78, 5) is 16.7. The van der Waals surface area contributed by atoms with Gasteiger partial charge < -0.3 is 14.6 Å². The number of imidazole rings is 1. The molecule has 0 unspecified atom stereocenters. The van der Waals surface area contributed by atoms with E-state index in [9.17, 15) is 13.2 Å². The van der Waals surface area contributed by atoms with Gasteiger partial charge in [-0.15, -0.1) is 0 Å². The number of carbonyl (C=O) groups is 1. The summed E-state index contributed by atoms with van der Waals surface area (Å²) in [5, 5.41) is 2.77. The van der Waals surface area contributed by atoms with Crippen LogP contribution < -0.4 is 14.8 Å². The van der Waals surface area contributed by atoms with Crippen molar-refractivity contribution in [3.05, 3.63) is 54.4 Å². The summed E-state index contributed by atoms with van der Waals surface area (Å²) in [5.74, 6) is 1.04. The fraction of sp³-hybridized carbons (Fsp3) is 0.263. The minimum Gasteiger partial charge on any atom is -0.497 e. The first-order valence-electron chi connectivity index (χ1n) is 8.71. The third kappa shape index (κ3) is 4.49. The average Bonchev–Trinajstić information content (AvgIpc) is 3.02. The van der Waals surface area contributed by atoms with Gasteiger partial charge in [-0.1, -0.05) is 12.1 Å². The molecule has 148 valence electrons. The highest BCUT2D eigenvalue weighted by molar-refractivity contribution is 7.89. The molecule has 3 aromatic rings. The van der Waals surface area contributed by atoms with Crippen molar-refractivity contribution in [2.45, 2.75) is 17.9 Å². The molecule has 28 heavy (non-hydrogen) atoms. The first-order chi connectivity index (χ1) is 13.4. The zero-order valence-corrected chi connectivity index (χ0v) is 16.5. The molecule has 0 radical (unpaired) electrons. The Kier molecular flexibility index (Phi) is 5.96. The second-order valence-electron chi connectivity index (χ2n) is 6.18. The smallest absolute Gasteiger partial charge is 0.240 e. The molecule has 0 fully saturated rings. The second-order valence-corrected chi connectivity index (χ2v) is 7.94. The third-order valence-corrected chi connectivity index (χ3v) is 5.81. The van der Waals surface area contributed by atoms with Crippen molar-refractivity contribution < 1.29 is 17.9 Å². The van der Waals surface area contributed by atoms with Gasteiger partial charge in [0.15, 0.2) is 0 Å². The number of carbonyl (C=O) groups excluding carboxylic acids is 1. The highest BCUT2D eigenvalue weighted by atomic mass is 32.2. The zero-order chi connectivity index (χ0) is 20.1. The molecule has 0 saturated carbocycles. The van der Waals surface area contributed by atoms with Crippen LogP contribution in [0.4, 0.5) is 0 Å². The number of para-hydroxylation sites is 2. The minimum atomic E-state index is -3.67. The van der Waals surface area contributed by atoms with Gasteiger partial charge in [0, 0.05) is 20.0 Å².